The molecule has 4 rings (SSSR count). The molecule has 2 N–H and O–H groups in total. The number of rotatable bonds is 4. The van der Waals surface area contributed by atoms with Crippen molar-refractivity contribution >= 4 is 0 Å². The van der Waals surface area contributed by atoms with E-state index >= 15 is 0 Å². The highest BCUT2D eigenvalue weighted by atomic mass is 16.3. The maximum absolute atomic E-state index is 11.7. The van der Waals surface area contributed by atoms with Crippen molar-refractivity contribution in [3.05, 3.63) is 0 Å². The minimum Gasteiger partial charge on any atom is -0.393 e. The van der Waals surface area contributed by atoms with Crippen molar-refractivity contribution in [3.8, 4) is 6.07 Å². The molecule has 3 unspecified atom stereocenters. The van der Waals surface area contributed by atoms with Crippen LogP contribution in [-0.4, -0.2) is 22.4 Å². The van der Waals surface area contributed by atoms with Gasteiger partial charge in [-0.05, 0) is 104 Å². The second kappa shape index (κ2) is 7.83. The van der Waals surface area contributed by atoms with Gasteiger partial charge in [0.15, 0.2) is 0 Å². The number of hydrogen-bond acceptors (Lipinski definition) is 3. The quantitative estimate of drug-likeness (QED) is 0.649. The van der Waals surface area contributed by atoms with E-state index in [0.717, 1.165) is 32.1 Å². The number of nitriles is 1. The normalized spacial score (nSPS) is 52.7. The third-order valence-electron chi connectivity index (χ3n) is 10.9. The standard InChI is InChI=1S/C26H43NO2/c1-5-18-22-15-17(28)10-12-26(22,4)21-11-13-25(3)19(16(2)7-6-14-27)8-9-20(25)23(21)24(18)29/h16-24,28-29H,5-13,15H2,1-4H3/t16-,17-,18-,19-,20?,21?,22+,23?,24-,25-,26-/m1/s1. The molecule has 0 saturated heterocycles. The summed E-state index contributed by atoms with van der Waals surface area (Å²) < 4.78 is 0. The van der Waals surface area contributed by atoms with E-state index in [0.29, 0.717) is 53.3 Å². The van der Waals surface area contributed by atoms with E-state index in [1.165, 1.54) is 25.7 Å². The molecular formula is C26H43NO2. The van der Waals surface area contributed by atoms with Gasteiger partial charge in [0.25, 0.3) is 0 Å². The Morgan fingerprint density at radius 2 is 1.69 bits per heavy atom. The highest BCUT2D eigenvalue weighted by Crippen LogP contribution is 2.69. The number of fused-ring (bicyclic) bond motifs is 5. The first kappa shape index (κ1) is 21.6. The molecule has 4 saturated carbocycles. The van der Waals surface area contributed by atoms with Crippen molar-refractivity contribution in [1.82, 2.24) is 0 Å². The third-order valence-corrected chi connectivity index (χ3v) is 10.9. The molecule has 0 aromatic heterocycles. The first-order valence-corrected chi connectivity index (χ1v) is 12.5. The first-order valence-electron chi connectivity index (χ1n) is 12.5. The van der Waals surface area contributed by atoms with E-state index in [9.17, 15) is 10.2 Å². The minimum absolute atomic E-state index is 0.170. The van der Waals surface area contributed by atoms with Gasteiger partial charge >= 0.3 is 0 Å². The van der Waals surface area contributed by atoms with Crippen molar-refractivity contribution in [1.29, 1.82) is 5.26 Å². The zero-order chi connectivity index (χ0) is 21.0. The molecule has 164 valence electrons. The number of nitrogens with zero attached hydrogens (tertiary/aromatic N) is 1. The summed E-state index contributed by atoms with van der Waals surface area (Å²) in [6, 6.07) is 2.35. The summed E-state index contributed by atoms with van der Waals surface area (Å²) in [5.41, 5.74) is 0.613. The fourth-order valence-corrected chi connectivity index (χ4v) is 9.43. The SMILES string of the molecule is CC[C@H]1[C@@H](O)C2C3CC[C@H]([C@H](C)CCC#N)[C@@]3(C)CCC2[C@@]2(C)CC[C@@H](O)C[C@@H]12. The van der Waals surface area contributed by atoms with Gasteiger partial charge in [0.05, 0.1) is 18.3 Å². The molecule has 0 heterocycles. The van der Waals surface area contributed by atoms with E-state index in [1.807, 2.05) is 0 Å². The van der Waals surface area contributed by atoms with Gasteiger partial charge in [-0.2, -0.15) is 5.26 Å². The van der Waals surface area contributed by atoms with Crippen LogP contribution in [0.5, 0.6) is 0 Å². The minimum atomic E-state index is -0.203. The largest absolute Gasteiger partial charge is 0.393 e. The van der Waals surface area contributed by atoms with Crippen LogP contribution in [0, 0.1) is 63.6 Å². The molecule has 3 heteroatoms. The predicted octanol–water partition coefficient (Wildman–Crippen LogP) is 5.55. The van der Waals surface area contributed by atoms with Gasteiger partial charge in [0.1, 0.15) is 0 Å². The Bertz CT molecular complexity index is 643. The maximum atomic E-state index is 11.7. The molecule has 3 nitrogen and oxygen atoms in total. The Labute approximate surface area is 178 Å². The summed E-state index contributed by atoms with van der Waals surface area (Å²) in [7, 11) is 0. The molecule has 0 aromatic carbocycles. The molecule has 0 amide bonds. The Morgan fingerprint density at radius 3 is 2.38 bits per heavy atom. The van der Waals surface area contributed by atoms with E-state index in [-0.39, 0.29) is 17.6 Å². The van der Waals surface area contributed by atoms with Gasteiger partial charge in [-0.15, -0.1) is 0 Å². The van der Waals surface area contributed by atoms with E-state index in [2.05, 4.69) is 33.8 Å². The van der Waals surface area contributed by atoms with Crippen LogP contribution in [0.25, 0.3) is 0 Å². The lowest BCUT2D eigenvalue weighted by molar-refractivity contribution is -0.203. The molecule has 4 aliphatic rings. The molecule has 0 spiro atoms. The number of aliphatic hydroxyl groups is 2. The van der Waals surface area contributed by atoms with Crippen LogP contribution >= 0.6 is 0 Å². The van der Waals surface area contributed by atoms with Crippen molar-refractivity contribution in [3.63, 3.8) is 0 Å². The van der Waals surface area contributed by atoms with Crippen molar-refractivity contribution in [2.24, 2.45) is 52.3 Å². The van der Waals surface area contributed by atoms with Crippen LogP contribution in [0.15, 0.2) is 0 Å². The Morgan fingerprint density at radius 1 is 1.00 bits per heavy atom. The monoisotopic (exact) mass is 401 g/mol. The number of hydrogen-bond donors (Lipinski definition) is 2. The highest BCUT2D eigenvalue weighted by molar-refractivity contribution is 5.13. The lowest BCUT2D eigenvalue weighted by atomic mass is 9.41. The first-order chi connectivity index (χ1) is 13.8. The average Bonchev–Trinajstić information content (AvgIpc) is 3.05. The summed E-state index contributed by atoms with van der Waals surface area (Å²) in [4.78, 5) is 0. The van der Waals surface area contributed by atoms with Crippen LogP contribution < -0.4 is 0 Å². The highest BCUT2D eigenvalue weighted by Gasteiger charge is 2.64. The smallest absolute Gasteiger partial charge is 0.0621 e. The second-order valence-electron chi connectivity index (χ2n) is 11.8. The number of aliphatic hydroxyl groups excluding tert-OH is 2. The molecule has 0 radical (unpaired) electrons. The van der Waals surface area contributed by atoms with Crippen LogP contribution in [0.2, 0.25) is 0 Å². The summed E-state index contributed by atoms with van der Waals surface area (Å²) in [5, 5.41) is 31.2. The molecule has 0 aliphatic heterocycles. The molecular weight excluding hydrogens is 358 g/mol. The summed E-state index contributed by atoms with van der Waals surface area (Å²) in [5.74, 6) is 3.80. The summed E-state index contributed by atoms with van der Waals surface area (Å²) in [6.45, 7) is 9.66. The molecule has 0 aromatic rings. The Balaban J connectivity index is 1.64. The summed E-state index contributed by atoms with van der Waals surface area (Å²) >= 11 is 0. The van der Waals surface area contributed by atoms with Crippen LogP contribution in [0.3, 0.4) is 0 Å². The Hall–Kier alpha value is -0.590. The predicted molar refractivity (Wildman–Crippen MR) is 116 cm³/mol. The van der Waals surface area contributed by atoms with Gasteiger partial charge in [0.2, 0.25) is 0 Å². The maximum Gasteiger partial charge on any atom is 0.0621 e. The van der Waals surface area contributed by atoms with E-state index in [1.54, 1.807) is 0 Å². The van der Waals surface area contributed by atoms with Crippen molar-refractivity contribution < 1.29 is 10.2 Å². The third kappa shape index (κ3) is 3.20. The molecule has 0 bridgehead atoms. The van der Waals surface area contributed by atoms with Crippen molar-refractivity contribution in [2.45, 2.75) is 104 Å². The Kier molecular flexibility index (Phi) is 5.84. The van der Waals surface area contributed by atoms with Gasteiger partial charge in [-0.3, -0.25) is 0 Å². The zero-order valence-corrected chi connectivity index (χ0v) is 19.1. The lowest BCUT2D eigenvalue weighted by Gasteiger charge is -2.64. The van der Waals surface area contributed by atoms with Gasteiger partial charge < -0.3 is 10.2 Å². The fourth-order valence-electron chi connectivity index (χ4n) is 9.43. The molecule has 4 fully saturated rings. The van der Waals surface area contributed by atoms with Gasteiger partial charge in [0, 0.05) is 6.42 Å². The van der Waals surface area contributed by atoms with Crippen LogP contribution in [-0.2, 0) is 0 Å². The molecule has 11 atom stereocenters. The lowest BCUT2D eigenvalue weighted by Crippen LogP contribution is -2.62. The van der Waals surface area contributed by atoms with E-state index in [4.69, 9.17) is 5.26 Å². The second-order valence-corrected chi connectivity index (χ2v) is 11.8. The van der Waals surface area contributed by atoms with E-state index < -0.39 is 0 Å². The van der Waals surface area contributed by atoms with Gasteiger partial charge in [-0.1, -0.05) is 34.1 Å². The summed E-state index contributed by atoms with van der Waals surface area (Å²) in [6.07, 6.45) is 10.4. The topological polar surface area (TPSA) is 64.2 Å². The zero-order valence-electron chi connectivity index (χ0n) is 19.1. The molecule has 4 aliphatic carbocycles. The van der Waals surface area contributed by atoms with Gasteiger partial charge in [-0.25, -0.2) is 0 Å². The van der Waals surface area contributed by atoms with Crippen LogP contribution in [0.4, 0.5) is 0 Å². The van der Waals surface area contributed by atoms with Crippen molar-refractivity contribution in [2.75, 3.05) is 0 Å². The molecule has 29 heavy (non-hydrogen) atoms. The van der Waals surface area contributed by atoms with Crippen LogP contribution in [0.1, 0.15) is 91.9 Å². The average molecular weight is 402 g/mol. The fraction of sp³-hybridized carbons (Fsp3) is 0.962.